The first-order valence-electron chi connectivity index (χ1n) is 7.22. The molecule has 0 saturated heterocycles. The van der Waals surface area contributed by atoms with Gasteiger partial charge in [-0.2, -0.15) is 0 Å². The van der Waals surface area contributed by atoms with Crippen molar-refractivity contribution in [2.45, 2.75) is 12.8 Å². The molecule has 0 bridgehead atoms. The third-order valence-electron chi connectivity index (χ3n) is 3.62. The number of carbonyl (C=O) groups is 2. The molecule has 1 aliphatic rings. The summed E-state index contributed by atoms with van der Waals surface area (Å²) in [5, 5.41) is 12.6. The monoisotopic (exact) mass is 322 g/mol. The van der Waals surface area contributed by atoms with Gasteiger partial charge in [-0.1, -0.05) is 42.0 Å². The second kappa shape index (κ2) is 7.84. The number of carboxylic acids is 1. The van der Waals surface area contributed by atoms with Crippen molar-refractivity contribution in [3.05, 3.63) is 47.0 Å². The Hall–Kier alpha value is -2.01. The van der Waals surface area contributed by atoms with E-state index in [0.717, 1.165) is 12.0 Å². The van der Waals surface area contributed by atoms with E-state index >= 15 is 0 Å². The highest BCUT2D eigenvalue weighted by Crippen LogP contribution is 2.19. The second-order valence-corrected chi connectivity index (χ2v) is 5.63. The van der Waals surface area contributed by atoms with E-state index in [4.69, 9.17) is 11.6 Å². The summed E-state index contributed by atoms with van der Waals surface area (Å²) in [6.07, 6.45) is 5.08. The predicted octanol–water partition coefficient (Wildman–Crippen LogP) is 2.55. The topological polar surface area (TPSA) is 69.6 Å². The average Bonchev–Trinajstić information content (AvgIpc) is 2.53. The first kappa shape index (κ1) is 16.4. The van der Waals surface area contributed by atoms with Crippen molar-refractivity contribution in [3.63, 3.8) is 0 Å². The van der Waals surface area contributed by atoms with Crippen LogP contribution in [0.1, 0.15) is 12.0 Å². The fourth-order valence-electron chi connectivity index (χ4n) is 2.32. The van der Waals surface area contributed by atoms with Gasteiger partial charge in [0.05, 0.1) is 5.92 Å². The Kier molecular flexibility index (Phi) is 5.83. The van der Waals surface area contributed by atoms with Gasteiger partial charge in [0.2, 0.25) is 0 Å². The molecule has 1 aromatic carbocycles. The highest BCUT2D eigenvalue weighted by Gasteiger charge is 2.21. The zero-order chi connectivity index (χ0) is 15.9. The molecule has 0 fully saturated rings. The highest BCUT2D eigenvalue weighted by molar-refractivity contribution is 6.31. The van der Waals surface area contributed by atoms with Gasteiger partial charge < -0.3 is 15.3 Å². The molecule has 118 valence electrons. The lowest BCUT2D eigenvalue weighted by Gasteiger charge is -2.24. The van der Waals surface area contributed by atoms with Crippen molar-refractivity contribution in [2.24, 2.45) is 5.92 Å². The molecule has 1 aromatic rings. The van der Waals surface area contributed by atoms with Crippen LogP contribution in [0, 0.1) is 5.92 Å². The molecule has 2 N–H and O–H groups in total. The van der Waals surface area contributed by atoms with Crippen molar-refractivity contribution in [3.8, 4) is 0 Å². The summed E-state index contributed by atoms with van der Waals surface area (Å²) in [7, 11) is 0. The van der Waals surface area contributed by atoms with Gasteiger partial charge in [-0.25, -0.2) is 4.79 Å². The van der Waals surface area contributed by atoms with Gasteiger partial charge in [0, 0.05) is 24.7 Å². The van der Waals surface area contributed by atoms with Gasteiger partial charge in [-0.05, 0) is 24.5 Å². The van der Waals surface area contributed by atoms with Crippen LogP contribution in [0.3, 0.4) is 0 Å². The summed E-state index contributed by atoms with van der Waals surface area (Å²) >= 11 is 6.06. The lowest BCUT2D eigenvalue weighted by Crippen LogP contribution is -2.44. The Balaban J connectivity index is 1.92. The lowest BCUT2D eigenvalue weighted by molar-refractivity contribution is -0.141. The van der Waals surface area contributed by atoms with E-state index in [1.54, 1.807) is 23.1 Å². The number of aliphatic carboxylic acids is 1. The number of carbonyl (C=O) groups excluding carboxylic acids is 1. The van der Waals surface area contributed by atoms with E-state index in [0.29, 0.717) is 18.1 Å². The van der Waals surface area contributed by atoms with E-state index in [1.165, 1.54) is 0 Å². The predicted molar refractivity (Wildman–Crippen MR) is 85.0 cm³/mol. The van der Waals surface area contributed by atoms with Crippen LogP contribution >= 0.6 is 11.6 Å². The van der Waals surface area contributed by atoms with E-state index < -0.39 is 11.9 Å². The summed E-state index contributed by atoms with van der Waals surface area (Å²) in [4.78, 5) is 25.1. The fourth-order valence-corrected chi connectivity index (χ4v) is 2.54. The van der Waals surface area contributed by atoms with Crippen LogP contribution in [-0.4, -0.2) is 41.6 Å². The van der Waals surface area contributed by atoms with Crippen LogP contribution in [0.5, 0.6) is 0 Å². The molecule has 0 saturated carbocycles. The van der Waals surface area contributed by atoms with Crippen molar-refractivity contribution < 1.29 is 14.7 Å². The van der Waals surface area contributed by atoms with Crippen LogP contribution in [0.4, 0.5) is 4.79 Å². The molecule has 22 heavy (non-hydrogen) atoms. The zero-order valence-electron chi connectivity index (χ0n) is 12.2. The maximum atomic E-state index is 12.0. The Morgan fingerprint density at radius 1 is 1.32 bits per heavy atom. The second-order valence-electron chi connectivity index (χ2n) is 5.22. The molecule has 6 heteroatoms. The normalized spacial score (nSPS) is 15.4. The summed E-state index contributed by atoms with van der Waals surface area (Å²) < 4.78 is 0. The molecule has 2 rings (SSSR count). The molecule has 2 amide bonds. The van der Waals surface area contributed by atoms with E-state index in [-0.39, 0.29) is 19.0 Å². The number of nitrogens with zero attached hydrogens (tertiary/aromatic N) is 1. The summed E-state index contributed by atoms with van der Waals surface area (Å²) in [5.41, 5.74) is 0.770. The Morgan fingerprint density at radius 2 is 2.09 bits per heavy atom. The van der Waals surface area contributed by atoms with Crippen molar-refractivity contribution >= 4 is 23.6 Å². The lowest BCUT2D eigenvalue weighted by atomic mass is 9.99. The first-order valence-corrected chi connectivity index (χ1v) is 7.59. The quantitative estimate of drug-likeness (QED) is 0.819. The largest absolute Gasteiger partial charge is 0.481 e. The molecule has 1 unspecified atom stereocenters. The van der Waals surface area contributed by atoms with Gasteiger partial charge in [-0.3, -0.25) is 4.79 Å². The average molecular weight is 323 g/mol. The van der Waals surface area contributed by atoms with Crippen LogP contribution in [0.15, 0.2) is 36.4 Å². The van der Waals surface area contributed by atoms with E-state index in [2.05, 4.69) is 5.32 Å². The molecule has 0 aliphatic carbocycles. The zero-order valence-corrected chi connectivity index (χ0v) is 12.9. The summed E-state index contributed by atoms with van der Waals surface area (Å²) in [6.45, 7) is 1.30. The van der Waals surface area contributed by atoms with Crippen LogP contribution in [0.25, 0.3) is 0 Å². The Labute approximate surface area is 134 Å². The van der Waals surface area contributed by atoms with Crippen molar-refractivity contribution in [1.29, 1.82) is 0 Å². The molecule has 5 nitrogen and oxygen atoms in total. The van der Waals surface area contributed by atoms with Gasteiger partial charge in [-0.15, -0.1) is 0 Å². The molecule has 0 spiro atoms. The molecule has 1 aliphatic heterocycles. The first-order chi connectivity index (χ1) is 10.6. The third kappa shape index (κ3) is 4.49. The number of carboxylic acid groups (broad SMARTS) is 1. The number of urea groups is 1. The van der Waals surface area contributed by atoms with E-state index in [1.807, 2.05) is 18.2 Å². The summed E-state index contributed by atoms with van der Waals surface area (Å²) in [6, 6.07) is 6.92. The summed E-state index contributed by atoms with van der Waals surface area (Å²) in [5.74, 6) is -1.65. The highest BCUT2D eigenvalue weighted by atomic mass is 35.5. The number of hydrogen-bond acceptors (Lipinski definition) is 2. The van der Waals surface area contributed by atoms with Crippen molar-refractivity contribution in [2.75, 3.05) is 19.6 Å². The Bertz CT molecular complexity index is 574. The maximum absolute atomic E-state index is 12.0. The standard InChI is InChI=1S/C16H19ClN2O3/c17-14-7-3-2-6-12(14)10-13(15(20)21)11-18-16(22)19-8-4-1-5-9-19/h1-4,6-7,13H,5,8-11H2,(H,18,22)(H,20,21). The number of rotatable bonds is 5. The minimum atomic E-state index is -0.946. The van der Waals surface area contributed by atoms with Crippen LogP contribution in [0.2, 0.25) is 5.02 Å². The molecule has 1 atom stereocenters. The number of nitrogens with one attached hydrogen (secondary N) is 1. The van der Waals surface area contributed by atoms with Crippen LogP contribution < -0.4 is 5.32 Å². The maximum Gasteiger partial charge on any atom is 0.317 e. The third-order valence-corrected chi connectivity index (χ3v) is 3.99. The number of halogens is 1. The SMILES string of the molecule is O=C(O)C(CNC(=O)N1CC=CCC1)Cc1ccccc1Cl. The molecule has 1 heterocycles. The van der Waals surface area contributed by atoms with Crippen LogP contribution in [-0.2, 0) is 11.2 Å². The number of benzene rings is 1. The smallest absolute Gasteiger partial charge is 0.317 e. The fraction of sp³-hybridized carbons (Fsp3) is 0.375. The number of amides is 2. The molecule has 0 radical (unpaired) electrons. The minimum Gasteiger partial charge on any atom is -0.481 e. The van der Waals surface area contributed by atoms with Gasteiger partial charge in [0.25, 0.3) is 0 Å². The number of hydrogen-bond donors (Lipinski definition) is 2. The Morgan fingerprint density at radius 3 is 2.73 bits per heavy atom. The molecule has 0 aromatic heterocycles. The van der Waals surface area contributed by atoms with E-state index in [9.17, 15) is 14.7 Å². The van der Waals surface area contributed by atoms with Gasteiger partial charge >= 0.3 is 12.0 Å². The molecular formula is C16H19ClN2O3. The van der Waals surface area contributed by atoms with Crippen molar-refractivity contribution in [1.82, 2.24) is 10.2 Å². The van der Waals surface area contributed by atoms with Gasteiger partial charge in [0.1, 0.15) is 0 Å². The molecular weight excluding hydrogens is 304 g/mol. The minimum absolute atomic E-state index is 0.0829. The van der Waals surface area contributed by atoms with Gasteiger partial charge in [0.15, 0.2) is 0 Å².